The van der Waals surface area contributed by atoms with E-state index in [1.165, 1.54) is 0 Å². The highest BCUT2D eigenvalue weighted by atomic mass is 32.2. The maximum atomic E-state index is 12.8. The molecule has 0 aliphatic carbocycles. The van der Waals surface area contributed by atoms with Crippen molar-refractivity contribution in [2.24, 2.45) is 0 Å². The molecule has 1 heterocycles. The van der Waals surface area contributed by atoms with Crippen LogP contribution in [0.4, 0.5) is 4.39 Å². The van der Waals surface area contributed by atoms with Crippen LogP contribution in [-0.2, 0) is 14.6 Å². The number of ketones is 1. The summed E-state index contributed by atoms with van der Waals surface area (Å²) in [6.07, 6.45) is 1.52. The number of aliphatic carboxylic acids is 1. The molecule has 0 amide bonds. The maximum absolute atomic E-state index is 12.8. The fourth-order valence-corrected chi connectivity index (χ4v) is 2.93. The van der Waals surface area contributed by atoms with Gasteiger partial charge in [-0.25, -0.2) is 17.6 Å². The number of sulfone groups is 1. The molecule has 0 atom stereocenters. The van der Waals surface area contributed by atoms with Gasteiger partial charge in [-0.2, -0.15) is 0 Å². The largest absolute Gasteiger partial charge is 0.502 e. The third-order valence-corrected chi connectivity index (χ3v) is 4.55. The van der Waals surface area contributed by atoms with Gasteiger partial charge >= 0.3 is 5.97 Å². The first-order valence-corrected chi connectivity index (χ1v) is 7.57. The topological polar surface area (TPSA) is 125 Å². The number of benzene rings is 1. The van der Waals surface area contributed by atoms with Gasteiger partial charge in [-0.15, -0.1) is 0 Å². The molecular formula is C14H10FNO6S. The van der Waals surface area contributed by atoms with E-state index in [9.17, 15) is 22.4 Å². The van der Waals surface area contributed by atoms with E-state index in [2.05, 4.69) is 4.98 Å². The van der Waals surface area contributed by atoms with Gasteiger partial charge in [0.1, 0.15) is 10.8 Å². The molecule has 0 aliphatic rings. The molecule has 1 aromatic heterocycles. The quantitative estimate of drug-likeness (QED) is 0.329. The van der Waals surface area contributed by atoms with Gasteiger partial charge in [-0.05, 0) is 30.3 Å². The van der Waals surface area contributed by atoms with Gasteiger partial charge in [0, 0.05) is 17.8 Å². The van der Waals surface area contributed by atoms with E-state index in [0.29, 0.717) is 6.08 Å². The molecular weight excluding hydrogens is 329 g/mol. The lowest BCUT2D eigenvalue weighted by atomic mass is 10.2. The molecule has 2 aromatic rings. The van der Waals surface area contributed by atoms with Gasteiger partial charge in [-0.3, -0.25) is 4.79 Å². The van der Waals surface area contributed by atoms with Crippen LogP contribution < -0.4 is 0 Å². The lowest BCUT2D eigenvalue weighted by molar-refractivity contribution is -0.135. The number of carboxylic acid groups (broad SMARTS) is 1. The van der Waals surface area contributed by atoms with E-state index in [1.54, 1.807) is 0 Å². The third kappa shape index (κ3) is 3.46. The van der Waals surface area contributed by atoms with Gasteiger partial charge in [0.05, 0.1) is 4.90 Å². The molecule has 2 rings (SSSR count). The highest BCUT2D eigenvalue weighted by Crippen LogP contribution is 2.21. The Hall–Kier alpha value is -2.94. The highest BCUT2D eigenvalue weighted by molar-refractivity contribution is 7.91. The number of carbonyl (C=O) groups excluding carboxylic acids is 1. The van der Waals surface area contributed by atoms with Crippen molar-refractivity contribution in [1.82, 2.24) is 4.98 Å². The SMILES string of the molecule is O=C(O)C(O)=CC(=O)c1c[nH]c(S(=O)(=O)c2ccc(F)cc2)c1. The Kier molecular flexibility index (Phi) is 4.32. The summed E-state index contributed by atoms with van der Waals surface area (Å²) in [6.45, 7) is 0. The fraction of sp³-hybridized carbons (Fsp3) is 0. The van der Waals surface area contributed by atoms with Crippen LogP contribution in [0.15, 0.2) is 58.3 Å². The average molecular weight is 339 g/mol. The molecule has 0 radical (unpaired) electrons. The number of aliphatic hydroxyl groups excluding tert-OH is 1. The van der Waals surface area contributed by atoms with Crippen LogP contribution in [0, 0.1) is 5.82 Å². The molecule has 0 fully saturated rings. The second-order valence-electron chi connectivity index (χ2n) is 4.41. The number of hydrogen-bond acceptors (Lipinski definition) is 5. The smallest absolute Gasteiger partial charge is 0.371 e. The maximum Gasteiger partial charge on any atom is 0.371 e. The monoisotopic (exact) mass is 339 g/mol. The molecule has 7 nitrogen and oxygen atoms in total. The summed E-state index contributed by atoms with van der Waals surface area (Å²) < 4.78 is 37.4. The Labute approximate surface area is 129 Å². The Morgan fingerprint density at radius 3 is 2.30 bits per heavy atom. The van der Waals surface area contributed by atoms with Crippen LogP contribution in [0.3, 0.4) is 0 Å². The van der Waals surface area contributed by atoms with Gasteiger partial charge in [0.2, 0.25) is 15.6 Å². The lowest BCUT2D eigenvalue weighted by Gasteiger charge is -2.01. The zero-order chi connectivity index (χ0) is 17.2. The highest BCUT2D eigenvalue weighted by Gasteiger charge is 2.21. The van der Waals surface area contributed by atoms with E-state index in [1.807, 2.05) is 0 Å². The van der Waals surface area contributed by atoms with Crippen molar-refractivity contribution in [3.05, 3.63) is 59.7 Å². The van der Waals surface area contributed by atoms with E-state index >= 15 is 0 Å². The number of aromatic nitrogens is 1. The number of aliphatic hydroxyl groups is 1. The Morgan fingerprint density at radius 1 is 1.13 bits per heavy atom. The molecule has 0 aliphatic heterocycles. The van der Waals surface area contributed by atoms with Gasteiger partial charge in [0.15, 0.2) is 5.78 Å². The van der Waals surface area contributed by atoms with Crippen molar-refractivity contribution in [2.45, 2.75) is 9.92 Å². The fourth-order valence-electron chi connectivity index (χ4n) is 1.68. The number of H-pyrrole nitrogens is 1. The number of rotatable bonds is 5. The Bertz CT molecular complexity index is 896. The summed E-state index contributed by atoms with van der Waals surface area (Å²) in [6, 6.07) is 5.10. The van der Waals surface area contributed by atoms with Crippen LogP contribution >= 0.6 is 0 Å². The molecule has 1 aromatic carbocycles. The predicted octanol–water partition coefficient (Wildman–Crippen LogP) is 1.70. The van der Waals surface area contributed by atoms with Crippen LogP contribution in [0.1, 0.15) is 10.4 Å². The number of carbonyl (C=O) groups is 2. The molecule has 0 bridgehead atoms. The second-order valence-corrected chi connectivity index (χ2v) is 6.33. The summed E-state index contributed by atoms with van der Waals surface area (Å²) in [5.41, 5.74) is -0.154. The molecule has 9 heteroatoms. The van der Waals surface area contributed by atoms with Crippen LogP contribution in [0.2, 0.25) is 0 Å². The van der Waals surface area contributed by atoms with E-state index in [4.69, 9.17) is 10.2 Å². The van der Waals surface area contributed by atoms with Gasteiger partial charge in [-0.1, -0.05) is 0 Å². The second kappa shape index (κ2) is 6.05. The van der Waals surface area contributed by atoms with Gasteiger partial charge < -0.3 is 15.2 Å². The first kappa shape index (κ1) is 16.4. The van der Waals surface area contributed by atoms with Crippen molar-refractivity contribution in [3.8, 4) is 0 Å². The number of aromatic amines is 1. The first-order valence-electron chi connectivity index (χ1n) is 6.09. The van der Waals surface area contributed by atoms with Gasteiger partial charge in [0.25, 0.3) is 0 Å². The average Bonchev–Trinajstić information content (AvgIpc) is 2.98. The number of halogens is 1. The van der Waals surface area contributed by atoms with Crippen molar-refractivity contribution >= 4 is 21.6 Å². The minimum Gasteiger partial charge on any atom is -0.502 e. The minimum atomic E-state index is -3.99. The number of hydrogen-bond donors (Lipinski definition) is 3. The van der Waals surface area contributed by atoms with Crippen LogP contribution in [0.25, 0.3) is 0 Å². The standard InChI is InChI=1S/C14H10FNO6S/c15-9-1-3-10(4-2-9)23(21,22)13-5-8(7-16-13)11(17)6-12(18)14(19)20/h1-7,16,18H,(H,19,20). The summed E-state index contributed by atoms with van der Waals surface area (Å²) in [5.74, 6) is -4.34. The number of nitrogens with one attached hydrogen (secondary N) is 1. The molecule has 0 saturated carbocycles. The normalized spacial score (nSPS) is 12.1. The molecule has 0 saturated heterocycles. The van der Waals surface area contributed by atoms with Crippen LogP contribution in [0.5, 0.6) is 0 Å². The Balaban J connectivity index is 2.35. The zero-order valence-electron chi connectivity index (χ0n) is 11.4. The molecule has 0 spiro atoms. The molecule has 0 unspecified atom stereocenters. The summed E-state index contributed by atoms with van der Waals surface area (Å²) in [7, 11) is -3.99. The van der Waals surface area contributed by atoms with E-state index in [0.717, 1.165) is 36.5 Å². The minimum absolute atomic E-state index is 0.154. The summed E-state index contributed by atoms with van der Waals surface area (Å²) in [4.78, 5) is 24.4. The van der Waals surface area contributed by atoms with Crippen molar-refractivity contribution < 1.29 is 32.6 Å². The Morgan fingerprint density at radius 2 is 1.74 bits per heavy atom. The predicted molar refractivity (Wildman–Crippen MR) is 75.3 cm³/mol. The van der Waals surface area contributed by atoms with Crippen molar-refractivity contribution in [3.63, 3.8) is 0 Å². The van der Waals surface area contributed by atoms with E-state index < -0.39 is 33.2 Å². The third-order valence-electron chi connectivity index (χ3n) is 2.84. The van der Waals surface area contributed by atoms with E-state index in [-0.39, 0.29) is 15.5 Å². The zero-order valence-corrected chi connectivity index (χ0v) is 12.2. The molecule has 120 valence electrons. The summed E-state index contributed by atoms with van der Waals surface area (Å²) in [5, 5.41) is 17.2. The number of carboxylic acids is 1. The summed E-state index contributed by atoms with van der Waals surface area (Å²) >= 11 is 0. The first-order chi connectivity index (χ1) is 10.7. The van der Waals surface area contributed by atoms with Crippen molar-refractivity contribution in [1.29, 1.82) is 0 Å². The van der Waals surface area contributed by atoms with Crippen LogP contribution in [-0.4, -0.2) is 35.4 Å². The molecule has 23 heavy (non-hydrogen) atoms. The number of allylic oxidation sites excluding steroid dienone is 1. The van der Waals surface area contributed by atoms with Crippen molar-refractivity contribution in [2.75, 3.05) is 0 Å². The lowest BCUT2D eigenvalue weighted by Crippen LogP contribution is -2.04. The molecule has 3 N–H and O–H groups in total.